The van der Waals surface area contributed by atoms with E-state index in [1.54, 1.807) is 0 Å². The molecule has 1 saturated heterocycles. The van der Waals surface area contributed by atoms with Gasteiger partial charge in [0.1, 0.15) is 11.6 Å². The highest BCUT2D eigenvalue weighted by atomic mass is 16.6. The van der Waals surface area contributed by atoms with Crippen LogP contribution in [0.4, 0.5) is 10.6 Å². The smallest absolute Gasteiger partial charge is 0.410 e. The predicted molar refractivity (Wildman–Crippen MR) is 118 cm³/mol. The number of hydrogen-bond donors (Lipinski definition) is 2. The van der Waals surface area contributed by atoms with Crippen LogP contribution in [0.5, 0.6) is 5.75 Å². The van der Waals surface area contributed by atoms with Crippen LogP contribution in [0.15, 0.2) is 42.7 Å². The van der Waals surface area contributed by atoms with Gasteiger partial charge >= 0.3 is 6.09 Å². The minimum Gasteiger partial charge on any atom is -0.410 e. The molecule has 1 aromatic carbocycles. The van der Waals surface area contributed by atoms with E-state index in [9.17, 15) is 4.79 Å². The van der Waals surface area contributed by atoms with Gasteiger partial charge < -0.3 is 15.0 Å². The van der Waals surface area contributed by atoms with Crippen molar-refractivity contribution in [2.45, 2.75) is 33.0 Å². The number of anilines is 1. The maximum absolute atomic E-state index is 11.4. The second-order valence-corrected chi connectivity index (χ2v) is 8.31. The molecular weight excluding hydrogens is 392 g/mol. The highest BCUT2D eigenvalue weighted by Crippen LogP contribution is 2.30. The monoisotopic (exact) mass is 418 g/mol. The first-order valence-electron chi connectivity index (χ1n) is 10.6. The Balaban J connectivity index is 1.29. The highest BCUT2D eigenvalue weighted by Gasteiger charge is 2.26. The Hall–Kier alpha value is -3.39. The summed E-state index contributed by atoms with van der Waals surface area (Å²) in [6.07, 6.45) is 3.43. The van der Waals surface area contributed by atoms with Crippen LogP contribution in [0.3, 0.4) is 0 Å². The zero-order valence-corrected chi connectivity index (χ0v) is 17.8. The molecule has 2 aliphatic rings. The van der Waals surface area contributed by atoms with Gasteiger partial charge in [0.05, 0.1) is 11.9 Å². The van der Waals surface area contributed by atoms with Crippen molar-refractivity contribution in [3.05, 3.63) is 59.4 Å². The largest absolute Gasteiger partial charge is 0.412 e. The summed E-state index contributed by atoms with van der Waals surface area (Å²) in [4.78, 5) is 20.9. The predicted octanol–water partition coefficient (Wildman–Crippen LogP) is 3.09. The number of H-pyrrole nitrogens is 1. The molecule has 0 spiro atoms. The molecule has 8 nitrogen and oxygen atoms in total. The molecule has 0 saturated carbocycles. The molecule has 1 amide bonds. The molecule has 1 atom stereocenters. The second-order valence-electron chi connectivity index (χ2n) is 8.31. The number of nitrogens with one attached hydrogen (secondary N) is 2. The molecule has 8 heteroatoms. The number of amides is 1. The zero-order valence-electron chi connectivity index (χ0n) is 17.8. The molecule has 31 heavy (non-hydrogen) atoms. The van der Waals surface area contributed by atoms with Crippen molar-refractivity contribution in [1.29, 1.82) is 0 Å². The van der Waals surface area contributed by atoms with Crippen LogP contribution in [0, 0.1) is 6.92 Å². The number of rotatable bonds is 4. The van der Waals surface area contributed by atoms with E-state index in [1.165, 1.54) is 5.56 Å². The molecule has 0 aliphatic carbocycles. The first-order valence-corrected chi connectivity index (χ1v) is 10.6. The molecule has 1 fully saturated rings. The standard InChI is InChI=1S/C23H26N6O2/c1-15-3-6-21(24-10-15)29-8-7-28(13-16(29)2)14-19-12-26-27-22(19)17-4-5-20-18(9-17)11-25-23(30)31-20/h3-6,9-10,12,16H,7-8,11,13-14H2,1-2H3,(H,25,30)(H,26,27). The lowest BCUT2D eigenvalue weighted by molar-refractivity contribution is 0.194. The average Bonchev–Trinajstić information content (AvgIpc) is 3.22. The Kier molecular flexibility index (Phi) is 5.07. The number of hydrogen-bond acceptors (Lipinski definition) is 6. The quantitative estimate of drug-likeness (QED) is 0.677. The first-order chi connectivity index (χ1) is 15.1. The number of carbonyl (C=O) groups is 1. The Labute approximate surface area is 181 Å². The van der Waals surface area contributed by atoms with Crippen LogP contribution in [-0.2, 0) is 13.1 Å². The maximum atomic E-state index is 11.4. The van der Waals surface area contributed by atoms with Crippen LogP contribution in [0.25, 0.3) is 11.3 Å². The van der Waals surface area contributed by atoms with Gasteiger partial charge in [-0.1, -0.05) is 6.07 Å². The van der Waals surface area contributed by atoms with E-state index >= 15 is 0 Å². The number of aromatic amines is 1. The Morgan fingerprint density at radius 1 is 1.19 bits per heavy atom. The van der Waals surface area contributed by atoms with Crippen molar-refractivity contribution in [3.8, 4) is 17.0 Å². The number of fused-ring (bicyclic) bond motifs is 1. The summed E-state index contributed by atoms with van der Waals surface area (Å²) in [5, 5.41) is 10.2. The van der Waals surface area contributed by atoms with Gasteiger partial charge in [0.25, 0.3) is 0 Å². The number of carbonyl (C=O) groups excluding carboxylic acids is 1. The van der Waals surface area contributed by atoms with Gasteiger partial charge in [-0.05, 0) is 43.7 Å². The van der Waals surface area contributed by atoms with Crippen molar-refractivity contribution in [2.24, 2.45) is 0 Å². The highest BCUT2D eigenvalue weighted by molar-refractivity contribution is 5.74. The third-order valence-corrected chi connectivity index (χ3v) is 5.99. The third kappa shape index (κ3) is 3.98. The van der Waals surface area contributed by atoms with Crippen LogP contribution in [-0.4, -0.2) is 51.9 Å². The first kappa shape index (κ1) is 19.6. The van der Waals surface area contributed by atoms with Crippen LogP contribution in [0.1, 0.15) is 23.6 Å². The minimum atomic E-state index is -0.406. The van der Waals surface area contributed by atoms with Crippen molar-refractivity contribution in [3.63, 3.8) is 0 Å². The summed E-state index contributed by atoms with van der Waals surface area (Å²) in [5.74, 6) is 1.66. The summed E-state index contributed by atoms with van der Waals surface area (Å²) in [6.45, 7) is 8.49. The number of aryl methyl sites for hydroxylation is 1. The van der Waals surface area contributed by atoms with Gasteiger partial charge in [0, 0.05) is 61.7 Å². The SMILES string of the molecule is Cc1ccc(N2CCN(Cc3cn[nH]c3-c3ccc4c(c3)CNC(=O)O4)CC2C)nc1. The molecule has 2 N–H and O–H groups in total. The topological polar surface area (TPSA) is 86.4 Å². The van der Waals surface area contributed by atoms with Gasteiger partial charge in [-0.25, -0.2) is 9.78 Å². The van der Waals surface area contributed by atoms with E-state index < -0.39 is 6.09 Å². The summed E-state index contributed by atoms with van der Waals surface area (Å²) >= 11 is 0. The average molecular weight is 419 g/mol. The van der Waals surface area contributed by atoms with Crippen molar-refractivity contribution < 1.29 is 9.53 Å². The van der Waals surface area contributed by atoms with Crippen molar-refractivity contribution >= 4 is 11.9 Å². The van der Waals surface area contributed by atoms with Crippen LogP contribution < -0.4 is 15.0 Å². The van der Waals surface area contributed by atoms with Crippen molar-refractivity contribution in [1.82, 2.24) is 25.4 Å². The number of benzene rings is 1. The molecule has 0 radical (unpaired) electrons. The maximum Gasteiger partial charge on any atom is 0.412 e. The lowest BCUT2D eigenvalue weighted by Gasteiger charge is -2.40. The fourth-order valence-corrected chi connectivity index (χ4v) is 4.34. The van der Waals surface area contributed by atoms with Gasteiger partial charge in [0.2, 0.25) is 0 Å². The Morgan fingerprint density at radius 3 is 2.90 bits per heavy atom. The van der Waals surface area contributed by atoms with E-state index in [0.29, 0.717) is 18.3 Å². The minimum absolute atomic E-state index is 0.379. The van der Waals surface area contributed by atoms with Gasteiger partial charge in [-0.15, -0.1) is 0 Å². The van der Waals surface area contributed by atoms with Gasteiger partial charge in [-0.2, -0.15) is 5.10 Å². The number of nitrogens with zero attached hydrogens (tertiary/aromatic N) is 4. The zero-order chi connectivity index (χ0) is 21.4. The molecule has 160 valence electrons. The summed E-state index contributed by atoms with van der Waals surface area (Å²) < 4.78 is 5.23. The summed E-state index contributed by atoms with van der Waals surface area (Å²) in [5.41, 5.74) is 5.36. The molecule has 2 aromatic heterocycles. The van der Waals surface area contributed by atoms with Crippen LogP contribution in [0.2, 0.25) is 0 Å². The van der Waals surface area contributed by atoms with E-state index in [4.69, 9.17) is 4.74 Å². The Bertz CT molecular complexity index is 1090. The number of pyridine rings is 1. The summed E-state index contributed by atoms with van der Waals surface area (Å²) in [7, 11) is 0. The molecule has 3 aromatic rings. The van der Waals surface area contributed by atoms with Crippen molar-refractivity contribution in [2.75, 3.05) is 24.5 Å². The van der Waals surface area contributed by atoms with E-state index in [2.05, 4.69) is 62.3 Å². The number of ether oxygens (including phenoxy) is 1. The Morgan fingerprint density at radius 2 is 2.10 bits per heavy atom. The normalized spacial score (nSPS) is 19.0. The van der Waals surface area contributed by atoms with Crippen LogP contribution >= 0.6 is 0 Å². The third-order valence-electron chi connectivity index (χ3n) is 5.99. The lowest BCUT2D eigenvalue weighted by Crippen LogP contribution is -2.51. The van der Waals surface area contributed by atoms with Gasteiger partial charge in [-0.3, -0.25) is 10.00 Å². The molecule has 2 aliphatic heterocycles. The summed E-state index contributed by atoms with van der Waals surface area (Å²) in [6, 6.07) is 10.5. The van der Waals surface area contributed by atoms with E-state index in [1.807, 2.05) is 24.5 Å². The number of aromatic nitrogens is 3. The van der Waals surface area contributed by atoms with E-state index in [-0.39, 0.29) is 0 Å². The molecule has 5 rings (SSSR count). The second kappa shape index (κ2) is 8.03. The fraction of sp³-hybridized carbons (Fsp3) is 0.348. The lowest BCUT2D eigenvalue weighted by atomic mass is 10.0. The molecule has 1 unspecified atom stereocenters. The van der Waals surface area contributed by atoms with Gasteiger partial charge in [0.15, 0.2) is 0 Å². The molecule has 4 heterocycles. The van der Waals surface area contributed by atoms with E-state index in [0.717, 1.165) is 54.4 Å². The molecular formula is C23H26N6O2. The molecule has 0 bridgehead atoms. The number of piperazine rings is 1. The fourth-order valence-electron chi connectivity index (χ4n) is 4.34.